The molecule has 1 aliphatic rings. The second kappa shape index (κ2) is 37.8. The van der Waals surface area contributed by atoms with Gasteiger partial charge in [-0.05, 0) is 115 Å². The maximum absolute atomic E-state index is 14.4. The Bertz CT molecular complexity index is 1850. The molecule has 18 N–H and O–H groups in total. The Morgan fingerprint density at radius 3 is 1.43 bits per heavy atom. The van der Waals surface area contributed by atoms with Gasteiger partial charge in [0.15, 0.2) is 11.6 Å². The van der Waals surface area contributed by atoms with Gasteiger partial charge in [0, 0.05) is 50.0 Å². The number of rotatable bonds is 26. The number of carbonyl (C=O) groups excluding carboxylic acids is 10. The molecule has 0 aromatic carbocycles. The van der Waals surface area contributed by atoms with E-state index in [-0.39, 0.29) is 146 Å². The van der Waals surface area contributed by atoms with Gasteiger partial charge < -0.3 is 71.0 Å². The molecule has 0 bridgehead atoms. The summed E-state index contributed by atoms with van der Waals surface area (Å²) in [5.74, 6) is -9.63. The van der Waals surface area contributed by atoms with Gasteiger partial charge in [0.1, 0.15) is 30.0 Å². The lowest BCUT2D eigenvalue weighted by Gasteiger charge is -2.28. The number of hydrogen-bond acceptors (Lipinski definition) is 16. The summed E-state index contributed by atoms with van der Waals surface area (Å²) >= 11 is 0. The number of ketones is 3. The number of Topliss-reactive ketones (excluding diaryl/α,β-unsaturated/α-hetero) is 3. The molecule has 1 fully saturated rings. The molecule has 0 unspecified atom stereocenters. The minimum absolute atomic E-state index is 0.00599. The first-order valence-corrected chi connectivity index (χ1v) is 27.8. The summed E-state index contributed by atoms with van der Waals surface area (Å²) in [6.45, 7) is 12.7. The minimum atomic E-state index is -1.43. The van der Waals surface area contributed by atoms with Crippen LogP contribution in [0.2, 0.25) is 0 Å². The second-order valence-electron chi connectivity index (χ2n) is 21.8. The highest BCUT2D eigenvalue weighted by molar-refractivity contribution is 5.98. The van der Waals surface area contributed by atoms with E-state index < -0.39 is 113 Å². The molecule has 23 nitrogen and oxygen atoms in total. The van der Waals surface area contributed by atoms with Crippen molar-refractivity contribution in [2.24, 2.45) is 64.2 Å². The molecule has 7 amide bonds. The van der Waals surface area contributed by atoms with E-state index in [0.717, 1.165) is 19.3 Å². The van der Waals surface area contributed by atoms with Crippen LogP contribution >= 0.6 is 0 Å². The Morgan fingerprint density at radius 1 is 0.539 bits per heavy atom. The standard InChI is InChI=1S/C53H98N12O11/c1-8-9-10-11-37(66)30-38(67)27-34(12-18-54)48(71)62-43-17-23-59-47(70)35(24-31(2)3)28-45(68)39(13-19-55)60-51(74)42(16-22-58)64-53(76)44(26-33(6)7)65-49(72)36(25-32(4)5)29-46(69)40(14-20-56)61-50(73)41(15-21-57)63-52(43)75/h31-37,39-44,66H,8-30,54-58H2,1-7H3,(H,59,70)(H,60,74)(H,61,73)(H,62,71)(H,63,75)(H,64,76)(H,65,72)/t34-,35+,36-,37+,39-,40-,41+,42-,43-,44-/m0/s1. The van der Waals surface area contributed by atoms with Crippen molar-refractivity contribution < 1.29 is 53.1 Å². The van der Waals surface area contributed by atoms with Crippen molar-refractivity contribution in [2.45, 2.75) is 200 Å². The third-order valence-corrected chi connectivity index (χ3v) is 13.3. The first-order chi connectivity index (χ1) is 35.9. The molecule has 0 saturated carbocycles. The maximum atomic E-state index is 14.4. The van der Waals surface area contributed by atoms with Crippen LogP contribution in [0.4, 0.5) is 0 Å². The lowest BCUT2D eigenvalue weighted by Crippen LogP contribution is -2.58. The molecule has 10 atom stereocenters. The Labute approximate surface area is 451 Å². The van der Waals surface area contributed by atoms with Crippen molar-refractivity contribution in [2.75, 3.05) is 39.3 Å². The molecule has 23 heteroatoms. The van der Waals surface area contributed by atoms with Gasteiger partial charge in [0.05, 0.1) is 18.2 Å². The Hall–Kier alpha value is -4.94. The Kier molecular flexibility index (Phi) is 34.3. The number of unbranched alkanes of at least 4 members (excludes halogenated alkanes) is 2. The van der Waals surface area contributed by atoms with Crippen molar-refractivity contribution in [3.05, 3.63) is 0 Å². The number of nitrogens with two attached hydrogens (primary N) is 5. The van der Waals surface area contributed by atoms with E-state index in [4.69, 9.17) is 28.7 Å². The van der Waals surface area contributed by atoms with Crippen LogP contribution in [0.5, 0.6) is 0 Å². The Balaban J connectivity index is 3.95. The van der Waals surface area contributed by atoms with E-state index >= 15 is 0 Å². The second-order valence-corrected chi connectivity index (χ2v) is 21.8. The first-order valence-electron chi connectivity index (χ1n) is 27.8. The number of amides is 7. The summed E-state index contributed by atoms with van der Waals surface area (Å²) in [6.07, 6.45) is 1.13. The van der Waals surface area contributed by atoms with Crippen molar-refractivity contribution in [1.29, 1.82) is 0 Å². The molecule has 0 aromatic rings. The topological polar surface area (TPSA) is 405 Å². The summed E-state index contributed by atoms with van der Waals surface area (Å²) in [5.41, 5.74) is 29.6. The fourth-order valence-electron chi connectivity index (χ4n) is 9.31. The fourth-order valence-corrected chi connectivity index (χ4v) is 9.31. The monoisotopic (exact) mass is 1080 g/mol. The number of nitrogens with one attached hydrogen (secondary N) is 7. The molecular weight excluding hydrogens is 981 g/mol. The van der Waals surface area contributed by atoms with Gasteiger partial charge in [-0.15, -0.1) is 0 Å². The smallest absolute Gasteiger partial charge is 0.243 e. The number of aliphatic hydroxyl groups excluding tert-OH is 1. The van der Waals surface area contributed by atoms with Crippen LogP contribution in [0.25, 0.3) is 0 Å². The lowest BCUT2D eigenvalue weighted by atomic mass is 9.88. The van der Waals surface area contributed by atoms with E-state index in [1.807, 2.05) is 48.5 Å². The van der Waals surface area contributed by atoms with Crippen LogP contribution in [0.1, 0.15) is 158 Å². The average molecular weight is 1080 g/mol. The minimum Gasteiger partial charge on any atom is -0.393 e. The Morgan fingerprint density at radius 2 is 0.974 bits per heavy atom. The van der Waals surface area contributed by atoms with Crippen molar-refractivity contribution in [3.8, 4) is 0 Å². The largest absolute Gasteiger partial charge is 0.393 e. The normalized spacial score (nSPS) is 24.5. The van der Waals surface area contributed by atoms with Crippen LogP contribution in [0.15, 0.2) is 0 Å². The molecule has 436 valence electrons. The van der Waals surface area contributed by atoms with Gasteiger partial charge in [-0.1, -0.05) is 67.7 Å². The van der Waals surface area contributed by atoms with Gasteiger partial charge in [-0.2, -0.15) is 0 Å². The van der Waals surface area contributed by atoms with Crippen molar-refractivity contribution in [1.82, 2.24) is 37.2 Å². The van der Waals surface area contributed by atoms with Crippen LogP contribution in [-0.4, -0.2) is 145 Å². The zero-order valence-corrected chi connectivity index (χ0v) is 46.7. The number of hydrogen-bond donors (Lipinski definition) is 13. The van der Waals surface area contributed by atoms with Crippen molar-refractivity contribution in [3.63, 3.8) is 0 Å². The van der Waals surface area contributed by atoms with E-state index in [9.17, 15) is 53.1 Å². The van der Waals surface area contributed by atoms with E-state index in [1.165, 1.54) is 0 Å². The summed E-state index contributed by atoms with van der Waals surface area (Å²) in [5, 5.41) is 29.6. The van der Waals surface area contributed by atoms with Crippen LogP contribution in [0, 0.1) is 35.5 Å². The van der Waals surface area contributed by atoms with Crippen LogP contribution in [0.3, 0.4) is 0 Å². The summed E-state index contributed by atoms with van der Waals surface area (Å²) < 4.78 is 0. The molecule has 0 aliphatic carbocycles. The fraction of sp³-hybridized carbons (Fsp3) is 0.811. The van der Waals surface area contributed by atoms with Gasteiger partial charge in [0.2, 0.25) is 41.4 Å². The number of carbonyl (C=O) groups is 10. The SMILES string of the molecule is CCCCC[C@@H](O)CC(=O)C[C@H](CCN)C(=O)N[C@H]1CCNC(=O)[C@H](CC(C)C)CC(=O)[C@H](CCN)NC(=O)[C@H](CCN)NC(=O)[C@H](CC(C)C)NC(=O)[C@@H](CC(C)C)CC(=O)[C@H](CCN)NC(=O)[C@@H](CCN)NC1=O. The van der Waals surface area contributed by atoms with Crippen LogP contribution < -0.4 is 65.9 Å². The van der Waals surface area contributed by atoms with Gasteiger partial charge in [-0.25, -0.2) is 0 Å². The lowest BCUT2D eigenvalue weighted by molar-refractivity contribution is -0.137. The third-order valence-electron chi connectivity index (χ3n) is 13.3. The molecular formula is C53H98N12O11. The van der Waals surface area contributed by atoms with E-state index in [0.29, 0.717) is 6.42 Å². The zero-order valence-electron chi connectivity index (χ0n) is 46.7. The van der Waals surface area contributed by atoms with E-state index in [2.05, 4.69) is 37.2 Å². The molecule has 0 aromatic heterocycles. The molecule has 1 saturated heterocycles. The first kappa shape index (κ1) is 69.1. The molecule has 76 heavy (non-hydrogen) atoms. The van der Waals surface area contributed by atoms with Gasteiger partial charge in [-0.3, -0.25) is 47.9 Å². The molecule has 1 heterocycles. The molecule has 1 aliphatic heterocycles. The van der Waals surface area contributed by atoms with Crippen LogP contribution in [-0.2, 0) is 47.9 Å². The average Bonchev–Trinajstić information content (AvgIpc) is 3.33. The maximum Gasteiger partial charge on any atom is 0.243 e. The quantitative estimate of drug-likeness (QED) is 0.0479. The van der Waals surface area contributed by atoms with Gasteiger partial charge in [0.25, 0.3) is 0 Å². The highest BCUT2D eigenvalue weighted by Crippen LogP contribution is 2.21. The summed E-state index contributed by atoms with van der Waals surface area (Å²) in [7, 11) is 0. The highest BCUT2D eigenvalue weighted by atomic mass is 16.3. The van der Waals surface area contributed by atoms with Crippen molar-refractivity contribution >= 4 is 58.7 Å². The number of aliphatic hydroxyl groups is 1. The van der Waals surface area contributed by atoms with Gasteiger partial charge >= 0.3 is 0 Å². The zero-order chi connectivity index (χ0) is 57.5. The molecule has 0 radical (unpaired) electrons. The highest BCUT2D eigenvalue weighted by Gasteiger charge is 2.36. The summed E-state index contributed by atoms with van der Waals surface area (Å²) in [6, 6.07) is -7.58. The molecule has 0 spiro atoms. The van der Waals surface area contributed by atoms with E-state index in [1.54, 1.807) is 0 Å². The third kappa shape index (κ3) is 26.9. The summed E-state index contributed by atoms with van der Waals surface area (Å²) in [4.78, 5) is 140. The predicted molar refractivity (Wildman–Crippen MR) is 290 cm³/mol. The predicted octanol–water partition coefficient (Wildman–Crippen LogP) is -0.645. The molecule has 1 rings (SSSR count).